The van der Waals surface area contributed by atoms with E-state index < -0.39 is 24.1 Å². The third-order valence-corrected chi connectivity index (χ3v) is 6.58. The van der Waals surface area contributed by atoms with Gasteiger partial charge in [-0.2, -0.15) is 0 Å². The number of carbonyl (C=O) groups is 3. The Kier molecular flexibility index (Phi) is 6.62. The molecular formula is C22H26N4O4S. The number of amides is 3. The summed E-state index contributed by atoms with van der Waals surface area (Å²) in [5, 5.41) is 5.04. The fourth-order valence-electron chi connectivity index (χ4n) is 4.24. The second-order valence-electron chi connectivity index (χ2n) is 8.01. The number of nitrogens with two attached hydrogens (primary N) is 1. The smallest absolute Gasteiger partial charge is 0.267 e. The zero-order chi connectivity index (χ0) is 21.8. The molecule has 1 aliphatic heterocycles. The highest BCUT2D eigenvalue weighted by Crippen LogP contribution is 2.30. The normalized spacial score (nSPS) is 21.7. The third kappa shape index (κ3) is 4.94. The van der Waals surface area contributed by atoms with Crippen LogP contribution in [0.1, 0.15) is 38.5 Å². The summed E-state index contributed by atoms with van der Waals surface area (Å²) in [5.74, 6) is -1.20. The van der Waals surface area contributed by atoms with Gasteiger partial charge in [-0.05, 0) is 18.8 Å². The molecule has 3 N–H and O–H groups in total. The van der Waals surface area contributed by atoms with Crippen LogP contribution in [0.2, 0.25) is 0 Å². The summed E-state index contributed by atoms with van der Waals surface area (Å²) >= 11 is 1.30. The molecule has 2 heterocycles. The van der Waals surface area contributed by atoms with Gasteiger partial charge in [-0.1, -0.05) is 49.6 Å². The quantitative estimate of drug-likeness (QED) is 0.714. The lowest BCUT2D eigenvalue weighted by molar-refractivity contribution is -0.149. The Bertz CT molecular complexity index is 942. The lowest BCUT2D eigenvalue weighted by Crippen LogP contribution is -2.52. The number of thiazole rings is 1. The summed E-state index contributed by atoms with van der Waals surface area (Å²) in [4.78, 5) is 43.5. The summed E-state index contributed by atoms with van der Waals surface area (Å²) in [6.45, 7) is -0.0766. The van der Waals surface area contributed by atoms with Crippen molar-refractivity contribution in [1.82, 2.24) is 9.88 Å². The third-order valence-electron chi connectivity index (χ3n) is 5.83. The highest BCUT2D eigenvalue weighted by atomic mass is 32.1. The Hall–Kier alpha value is -2.78. The van der Waals surface area contributed by atoms with Gasteiger partial charge in [0.2, 0.25) is 12.1 Å². The van der Waals surface area contributed by atoms with Crippen LogP contribution in [0.5, 0.6) is 0 Å². The minimum absolute atomic E-state index is 0.0766. The van der Waals surface area contributed by atoms with Crippen LogP contribution in [0.4, 0.5) is 5.13 Å². The van der Waals surface area contributed by atoms with E-state index in [2.05, 4.69) is 10.3 Å². The fourth-order valence-corrected chi connectivity index (χ4v) is 4.96. The molecule has 4 rings (SSSR count). The predicted octanol–water partition coefficient (Wildman–Crippen LogP) is 2.76. The number of primary amides is 1. The standard InChI is InChI=1S/C22H26N4O4S/c23-19(28)21-26(18(27)11-14-7-3-1-4-8-14)17(12-30-21)20(29)25-22-24-16(13-31-22)15-9-5-2-6-10-15/h2,5-6,9-10,13-14,17,21H,1,3-4,7-8,11-12H2,(H2,23,28)(H,24,25,29)/t17-,21+/m1/s1. The molecule has 1 saturated heterocycles. The molecule has 1 aliphatic carbocycles. The summed E-state index contributed by atoms with van der Waals surface area (Å²) < 4.78 is 5.44. The minimum Gasteiger partial charge on any atom is -0.366 e. The molecule has 1 saturated carbocycles. The SMILES string of the molecule is NC(=O)[C@@H]1OC[C@H](C(=O)Nc2nc(-c3ccccc3)cs2)N1C(=O)CC1CCCCC1. The molecule has 2 fully saturated rings. The van der Waals surface area contributed by atoms with Gasteiger partial charge in [-0.15, -0.1) is 11.3 Å². The van der Waals surface area contributed by atoms with Crippen molar-refractivity contribution < 1.29 is 19.1 Å². The first-order valence-electron chi connectivity index (χ1n) is 10.6. The molecule has 0 bridgehead atoms. The number of hydrogen-bond donors (Lipinski definition) is 2. The van der Waals surface area contributed by atoms with Crippen molar-refractivity contribution in [3.05, 3.63) is 35.7 Å². The fraction of sp³-hybridized carbons (Fsp3) is 0.455. The number of nitrogens with zero attached hydrogens (tertiary/aromatic N) is 2. The number of aromatic nitrogens is 1. The average Bonchev–Trinajstić information content (AvgIpc) is 3.42. The molecule has 2 aromatic rings. The van der Waals surface area contributed by atoms with Gasteiger partial charge in [-0.3, -0.25) is 19.3 Å². The summed E-state index contributed by atoms with van der Waals surface area (Å²) in [6, 6.07) is 8.72. The molecule has 3 amide bonds. The Morgan fingerprint density at radius 2 is 1.90 bits per heavy atom. The average molecular weight is 443 g/mol. The zero-order valence-electron chi connectivity index (χ0n) is 17.2. The van der Waals surface area contributed by atoms with Gasteiger partial charge in [-0.25, -0.2) is 4.98 Å². The van der Waals surface area contributed by atoms with Crippen LogP contribution in [-0.4, -0.2) is 46.5 Å². The van der Waals surface area contributed by atoms with E-state index in [1.165, 1.54) is 22.7 Å². The van der Waals surface area contributed by atoms with Crippen LogP contribution in [0.15, 0.2) is 35.7 Å². The second kappa shape index (κ2) is 9.57. The van der Waals surface area contributed by atoms with Crippen LogP contribution in [0, 0.1) is 5.92 Å². The second-order valence-corrected chi connectivity index (χ2v) is 8.86. The number of nitrogens with one attached hydrogen (secondary N) is 1. The van der Waals surface area contributed by atoms with Gasteiger partial charge in [0, 0.05) is 17.4 Å². The van der Waals surface area contributed by atoms with Crippen LogP contribution in [-0.2, 0) is 19.1 Å². The van der Waals surface area contributed by atoms with Crippen molar-refractivity contribution in [3.8, 4) is 11.3 Å². The highest BCUT2D eigenvalue weighted by molar-refractivity contribution is 7.14. The number of carbonyl (C=O) groups excluding carboxylic acids is 3. The number of hydrogen-bond acceptors (Lipinski definition) is 6. The van der Waals surface area contributed by atoms with Crippen molar-refractivity contribution >= 4 is 34.2 Å². The summed E-state index contributed by atoms with van der Waals surface area (Å²) in [5.41, 5.74) is 7.14. The molecular weight excluding hydrogens is 416 g/mol. The highest BCUT2D eigenvalue weighted by Gasteiger charge is 2.45. The molecule has 1 aromatic heterocycles. The van der Waals surface area contributed by atoms with Crippen LogP contribution >= 0.6 is 11.3 Å². The number of benzene rings is 1. The van der Waals surface area contributed by atoms with E-state index in [0.717, 1.165) is 36.9 Å². The first-order valence-corrected chi connectivity index (χ1v) is 11.4. The van der Waals surface area contributed by atoms with Crippen molar-refractivity contribution in [3.63, 3.8) is 0 Å². The van der Waals surface area contributed by atoms with Crippen LogP contribution in [0.25, 0.3) is 11.3 Å². The van der Waals surface area contributed by atoms with Gasteiger partial charge >= 0.3 is 0 Å². The van der Waals surface area contributed by atoms with Gasteiger partial charge in [0.15, 0.2) is 5.13 Å². The van der Waals surface area contributed by atoms with Crippen molar-refractivity contribution in [2.45, 2.75) is 50.8 Å². The van der Waals surface area contributed by atoms with Crippen molar-refractivity contribution in [2.24, 2.45) is 11.7 Å². The molecule has 2 atom stereocenters. The maximum atomic E-state index is 13.0. The zero-order valence-corrected chi connectivity index (χ0v) is 18.0. The lowest BCUT2D eigenvalue weighted by atomic mass is 9.86. The number of ether oxygens (including phenoxy) is 1. The Labute approximate surface area is 184 Å². The molecule has 1 aromatic carbocycles. The maximum absolute atomic E-state index is 13.0. The van der Waals surface area contributed by atoms with E-state index >= 15 is 0 Å². The van der Waals surface area contributed by atoms with Crippen LogP contribution in [0.3, 0.4) is 0 Å². The van der Waals surface area contributed by atoms with E-state index in [9.17, 15) is 14.4 Å². The molecule has 2 aliphatic rings. The van der Waals surface area contributed by atoms with Crippen molar-refractivity contribution in [2.75, 3.05) is 11.9 Å². The van der Waals surface area contributed by atoms with E-state index in [1.807, 2.05) is 35.7 Å². The molecule has 0 spiro atoms. The van der Waals surface area contributed by atoms with E-state index in [-0.39, 0.29) is 18.4 Å². The summed E-state index contributed by atoms with van der Waals surface area (Å²) in [7, 11) is 0. The Balaban J connectivity index is 1.46. The topological polar surface area (TPSA) is 115 Å². The first kappa shape index (κ1) is 21.5. The summed E-state index contributed by atoms with van der Waals surface area (Å²) in [6.07, 6.45) is 4.44. The predicted molar refractivity (Wildman–Crippen MR) is 117 cm³/mol. The number of anilines is 1. The minimum atomic E-state index is -1.22. The van der Waals surface area contributed by atoms with Gasteiger partial charge in [0.1, 0.15) is 6.04 Å². The van der Waals surface area contributed by atoms with Crippen molar-refractivity contribution in [1.29, 1.82) is 0 Å². The largest absolute Gasteiger partial charge is 0.366 e. The Morgan fingerprint density at radius 1 is 1.16 bits per heavy atom. The monoisotopic (exact) mass is 442 g/mol. The number of rotatable bonds is 6. The Morgan fingerprint density at radius 3 is 2.61 bits per heavy atom. The maximum Gasteiger partial charge on any atom is 0.267 e. The lowest BCUT2D eigenvalue weighted by Gasteiger charge is -2.28. The molecule has 0 unspecified atom stereocenters. The first-order chi connectivity index (χ1) is 15.0. The van der Waals surface area contributed by atoms with Gasteiger partial charge < -0.3 is 15.8 Å². The molecule has 0 radical (unpaired) electrons. The van der Waals surface area contributed by atoms with Crippen LogP contribution < -0.4 is 11.1 Å². The van der Waals surface area contributed by atoms with E-state index in [0.29, 0.717) is 11.6 Å². The molecule has 9 heteroatoms. The molecule has 164 valence electrons. The van der Waals surface area contributed by atoms with E-state index in [1.54, 1.807) is 0 Å². The van der Waals surface area contributed by atoms with Gasteiger partial charge in [0.05, 0.1) is 12.3 Å². The molecule has 31 heavy (non-hydrogen) atoms. The van der Waals surface area contributed by atoms with Gasteiger partial charge in [0.25, 0.3) is 11.8 Å². The molecule has 8 nitrogen and oxygen atoms in total. The van der Waals surface area contributed by atoms with E-state index in [4.69, 9.17) is 10.5 Å².